The molecule has 1 atom stereocenters. The Morgan fingerprint density at radius 1 is 1.06 bits per heavy atom. The number of pyridine rings is 1. The van der Waals surface area contributed by atoms with Gasteiger partial charge in [-0.25, -0.2) is 19.4 Å². The Bertz CT molecular complexity index is 987. The van der Waals surface area contributed by atoms with Crippen LogP contribution in [-0.2, 0) is 14.3 Å². The Morgan fingerprint density at radius 2 is 1.81 bits per heavy atom. The summed E-state index contributed by atoms with van der Waals surface area (Å²) in [5.74, 6) is -0.537. The zero-order valence-corrected chi connectivity index (χ0v) is 17.5. The minimum absolute atomic E-state index is 0.161. The lowest BCUT2D eigenvalue weighted by molar-refractivity contribution is -0.139. The van der Waals surface area contributed by atoms with Crippen molar-refractivity contribution in [1.82, 2.24) is 15.6 Å². The number of carbonyl (C=O) groups excluding carboxylic acids is 3. The minimum atomic E-state index is -0.733. The van der Waals surface area contributed by atoms with Crippen molar-refractivity contribution >= 4 is 23.8 Å². The maximum absolute atomic E-state index is 12.7. The third-order valence-corrected chi connectivity index (χ3v) is 4.57. The maximum Gasteiger partial charge on any atom is 0.340 e. The smallest absolute Gasteiger partial charge is 0.340 e. The van der Waals surface area contributed by atoms with Gasteiger partial charge in [-0.3, -0.25) is 0 Å². The standard InChI is InChI=1S/C22H24N4O5/c1-4-30-21(28)18-16(24-22(29)25-19(18)14-8-6-5-7-9-14)13-31-20(27)15-10-11-17(23-12-15)26(2)3/h5-12,19H,4,13H2,1-3H3,(H2,24,25,29). The van der Waals surface area contributed by atoms with Gasteiger partial charge in [-0.05, 0) is 24.6 Å². The molecule has 9 heteroatoms. The van der Waals surface area contributed by atoms with Crippen LogP contribution in [-0.4, -0.2) is 50.3 Å². The predicted molar refractivity (Wildman–Crippen MR) is 113 cm³/mol. The fraction of sp³-hybridized carbons (Fsp3) is 0.273. The normalized spacial score (nSPS) is 15.6. The summed E-state index contributed by atoms with van der Waals surface area (Å²) in [6, 6.07) is 11.1. The lowest BCUT2D eigenvalue weighted by Gasteiger charge is -2.29. The first-order valence-electron chi connectivity index (χ1n) is 9.73. The summed E-state index contributed by atoms with van der Waals surface area (Å²) in [7, 11) is 3.68. The highest BCUT2D eigenvalue weighted by atomic mass is 16.5. The molecule has 3 rings (SSSR count). The lowest BCUT2D eigenvalue weighted by atomic mass is 9.95. The highest BCUT2D eigenvalue weighted by molar-refractivity contribution is 5.95. The van der Waals surface area contributed by atoms with E-state index >= 15 is 0 Å². The molecule has 2 heterocycles. The second kappa shape index (κ2) is 9.75. The van der Waals surface area contributed by atoms with Crippen molar-refractivity contribution in [2.75, 3.05) is 32.2 Å². The van der Waals surface area contributed by atoms with Gasteiger partial charge >= 0.3 is 18.0 Å². The number of nitrogens with zero attached hydrogens (tertiary/aromatic N) is 2. The summed E-state index contributed by atoms with van der Waals surface area (Å²) in [4.78, 5) is 43.4. The zero-order chi connectivity index (χ0) is 22.4. The van der Waals surface area contributed by atoms with Crippen LogP contribution in [0.1, 0.15) is 28.9 Å². The van der Waals surface area contributed by atoms with Gasteiger partial charge in [0, 0.05) is 20.3 Å². The van der Waals surface area contributed by atoms with Crippen molar-refractivity contribution in [2.24, 2.45) is 0 Å². The van der Waals surface area contributed by atoms with E-state index in [1.807, 2.05) is 20.2 Å². The van der Waals surface area contributed by atoms with E-state index in [0.29, 0.717) is 11.4 Å². The maximum atomic E-state index is 12.7. The van der Waals surface area contributed by atoms with Gasteiger partial charge in [0.25, 0.3) is 0 Å². The van der Waals surface area contributed by atoms with E-state index in [1.165, 1.54) is 6.20 Å². The predicted octanol–water partition coefficient (Wildman–Crippen LogP) is 2.18. The highest BCUT2D eigenvalue weighted by Gasteiger charge is 2.34. The summed E-state index contributed by atoms with van der Waals surface area (Å²) in [6.45, 7) is 1.54. The number of hydrogen-bond acceptors (Lipinski definition) is 7. The summed E-state index contributed by atoms with van der Waals surface area (Å²) >= 11 is 0. The van der Waals surface area contributed by atoms with Gasteiger partial charge in [-0.2, -0.15) is 0 Å². The molecule has 9 nitrogen and oxygen atoms in total. The summed E-state index contributed by atoms with van der Waals surface area (Å²) in [5.41, 5.74) is 1.31. The van der Waals surface area contributed by atoms with E-state index in [1.54, 1.807) is 48.2 Å². The molecule has 0 radical (unpaired) electrons. The molecule has 0 saturated heterocycles. The number of urea groups is 1. The van der Waals surface area contributed by atoms with Crippen LogP contribution in [0.2, 0.25) is 0 Å². The van der Waals surface area contributed by atoms with Gasteiger partial charge in [-0.15, -0.1) is 0 Å². The zero-order valence-electron chi connectivity index (χ0n) is 17.5. The Labute approximate surface area is 180 Å². The van der Waals surface area contributed by atoms with Crippen LogP contribution in [0.4, 0.5) is 10.6 Å². The molecule has 31 heavy (non-hydrogen) atoms. The van der Waals surface area contributed by atoms with E-state index < -0.39 is 24.0 Å². The van der Waals surface area contributed by atoms with Crippen LogP contribution < -0.4 is 15.5 Å². The molecule has 1 unspecified atom stereocenters. The monoisotopic (exact) mass is 424 g/mol. The number of carbonyl (C=O) groups is 3. The molecule has 0 aliphatic carbocycles. The number of nitrogens with one attached hydrogen (secondary N) is 2. The molecule has 2 amide bonds. The van der Waals surface area contributed by atoms with E-state index in [9.17, 15) is 14.4 Å². The van der Waals surface area contributed by atoms with Crippen LogP contribution in [0.15, 0.2) is 59.9 Å². The van der Waals surface area contributed by atoms with Crippen molar-refractivity contribution in [3.8, 4) is 0 Å². The Morgan fingerprint density at radius 3 is 2.42 bits per heavy atom. The van der Waals surface area contributed by atoms with Gasteiger partial charge in [0.2, 0.25) is 0 Å². The second-order valence-corrected chi connectivity index (χ2v) is 6.93. The van der Waals surface area contributed by atoms with Crippen molar-refractivity contribution in [1.29, 1.82) is 0 Å². The first kappa shape index (κ1) is 21.8. The van der Waals surface area contributed by atoms with E-state index in [4.69, 9.17) is 9.47 Å². The van der Waals surface area contributed by atoms with Crippen LogP contribution >= 0.6 is 0 Å². The number of amides is 2. The lowest BCUT2D eigenvalue weighted by Crippen LogP contribution is -2.47. The first-order chi connectivity index (χ1) is 14.9. The fourth-order valence-corrected chi connectivity index (χ4v) is 3.07. The van der Waals surface area contributed by atoms with Crippen LogP contribution in [0.3, 0.4) is 0 Å². The van der Waals surface area contributed by atoms with E-state index in [2.05, 4.69) is 15.6 Å². The van der Waals surface area contributed by atoms with Gasteiger partial charge in [0.15, 0.2) is 0 Å². The molecule has 1 aliphatic heterocycles. The number of rotatable bonds is 7. The third kappa shape index (κ3) is 5.19. The molecule has 1 aromatic heterocycles. The number of aromatic nitrogens is 1. The van der Waals surface area contributed by atoms with E-state index in [-0.39, 0.29) is 30.0 Å². The Hall–Kier alpha value is -3.88. The van der Waals surface area contributed by atoms with Crippen LogP contribution in [0.25, 0.3) is 0 Å². The summed E-state index contributed by atoms with van der Waals surface area (Å²) in [6.07, 6.45) is 1.41. The minimum Gasteiger partial charge on any atom is -0.463 e. The molecule has 0 bridgehead atoms. The van der Waals surface area contributed by atoms with Gasteiger partial charge in [-0.1, -0.05) is 30.3 Å². The molecule has 1 aliphatic rings. The molecular formula is C22H24N4O5. The van der Waals surface area contributed by atoms with Crippen molar-refractivity contribution in [3.05, 3.63) is 71.1 Å². The molecule has 1 aromatic carbocycles. The molecule has 2 aromatic rings. The van der Waals surface area contributed by atoms with Gasteiger partial charge < -0.3 is 25.0 Å². The molecule has 0 spiro atoms. The average molecular weight is 424 g/mol. The van der Waals surface area contributed by atoms with Gasteiger partial charge in [0.05, 0.1) is 29.5 Å². The molecular weight excluding hydrogens is 400 g/mol. The molecule has 2 N–H and O–H groups in total. The van der Waals surface area contributed by atoms with Crippen molar-refractivity contribution in [2.45, 2.75) is 13.0 Å². The molecule has 0 saturated carbocycles. The SMILES string of the molecule is CCOC(=O)C1=C(COC(=O)c2ccc(N(C)C)nc2)NC(=O)NC1c1ccccc1. The van der Waals surface area contributed by atoms with E-state index in [0.717, 1.165) is 0 Å². The second-order valence-electron chi connectivity index (χ2n) is 6.93. The number of hydrogen-bond donors (Lipinski definition) is 2. The number of anilines is 1. The first-order valence-corrected chi connectivity index (χ1v) is 9.73. The summed E-state index contributed by atoms with van der Waals surface area (Å²) in [5, 5.41) is 5.29. The van der Waals surface area contributed by atoms with Gasteiger partial charge in [0.1, 0.15) is 12.4 Å². The topological polar surface area (TPSA) is 110 Å². The van der Waals surface area contributed by atoms with Crippen LogP contribution in [0, 0.1) is 0 Å². The number of esters is 2. The molecule has 0 fully saturated rings. The third-order valence-electron chi connectivity index (χ3n) is 4.57. The Kier molecular flexibility index (Phi) is 6.86. The highest BCUT2D eigenvalue weighted by Crippen LogP contribution is 2.28. The number of benzene rings is 1. The van der Waals surface area contributed by atoms with Crippen molar-refractivity contribution < 1.29 is 23.9 Å². The fourth-order valence-electron chi connectivity index (χ4n) is 3.07. The molecule has 162 valence electrons. The largest absolute Gasteiger partial charge is 0.463 e. The van der Waals surface area contributed by atoms with Crippen LogP contribution in [0.5, 0.6) is 0 Å². The number of ether oxygens (including phenoxy) is 2. The quantitative estimate of drug-likeness (QED) is 0.656. The van der Waals surface area contributed by atoms with Crippen molar-refractivity contribution in [3.63, 3.8) is 0 Å². The Balaban J connectivity index is 1.86. The average Bonchev–Trinajstić information content (AvgIpc) is 2.77. The summed E-state index contributed by atoms with van der Waals surface area (Å²) < 4.78 is 10.5.